The minimum absolute atomic E-state index is 0.113. The Balaban J connectivity index is 4.62. The lowest BCUT2D eigenvalue weighted by atomic mass is 10.0. The molecule has 0 heterocycles. The van der Waals surface area contributed by atoms with Gasteiger partial charge in [-0.3, -0.25) is 4.79 Å². The van der Waals surface area contributed by atoms with Gasteiger partial charge < -0.3 is 14.9 Å². The largest absolute Gasteiger partial charge is 0.480 e. The van der Waals surface area contributed by atoms with Crippen LogP contribution >= 0.6 is 0 Å². The van der Waals surface area contributed by atoms with E-state index >= 15 is 0 Å². The van der Waals surface area contributed by atoms with Gasteiger partial charge in [-0.1, -0.05) is 13.8 Å². The average molecular weight is 259 g/mol. The van der Waals surface area contributed by atoms with E-state index in [1.54, 1.807) is 13.8 Å². The Morgan fingerprint density at radius 2 is 1.56 bits per heavy atom. The van der Waals surface area contributed by atoms with Crippen LogP contribution in [-0.4, -0.2) is 53.7 Å². The summed E-state index contributed by atoms with van der Waals surface area (Å²) < 4.78 is 0.691. The molecule has 0 radical (unpaired) electrons. The Morgan fingerprint density at radius 3 is 1.83 bits per heavy atom. The predicted molar refractivity (Wildman–Crippen MR) is 71.2 cm³/mol. The lowest BCUT2D eigenvalue weighted by molar-refractivity contribution is -0.915. The van der Waals surface area contributed by atoms with E-state index in [0.717, 1.165) is 19.6 Å². The van der Waals surface area contributed by atoms with Crippen molar-refractivity contribution in [2.24, 2.45) is 5.92 Å². The van der Waals surface area contributed by atoms with Crippen molar-refractivity contribution in [2.45, 2.75) is 40.7 Å². The van der Waals surface area contributed by atoms with Gasteiger partial charge in [-0.15, -0.1) is 0 Å². The molecule has 0 aromatic rings. The zero-order valence-electron chi connectivity index (χ0n) is 12.2. The molecule has 0 aromatic heterocycles. The molecule has 1 atom stereocenters. The zero-order valence-corrected chi connectivity index (χ0v) is 12.2. The monoisotopic (exact) mass is 259 g/mol. The van der Waals surface area contributed by atoms with Crippen LogP contribution in [0, 0.1) is 5.92 Å². The highest BCUT2D eigenvalue weighted by atomic mass is 16.4. The highest BCUT2D eigenvalue weighted by molar-refractivity contribution is 5.84. The fourth-order valence-electron chi connectivity index (χ4n) is 2.04. The van der Waals surface area contributed by atoms with Crippen molar-refractivity contribution in [3.63, 3.8) is 0 Å². The summed E-state index contributed by atoms with van der Waals surface area (Å²) in [6.07, 6.45) is 0. The van der Waals surface area contributed by atoms with E-state index in [1.165, 1.54) is 0 Å². The summed E-state index contributed by atoms with van der Waals surface area (Å²) in [6.45, 7) is 12.7. The number of nitrogens with one attached hydrogen (secondary N) is 1. The third-order valence-electron chi connectivity index (χ3n) is 3.74. The molecule has 1 unspecified atom stereocenters. The van der Waals surface area contributed by atoms with E-state index in [4.69, 9.17) is 5.11 Å². The molecular formula is C13H27N2O3+. The Morgan fingerprint density at radius 1 is 1.11 bits per heavy atom. The number of carboxylic acids is 1. The first-order valence-corrected chi connectivity index (χ1v) is 6.69. The van der Waals surface area contributed by atoms with Gasteiger partial charge in [0.05, 0.1) is 19.6 Å². The summed E-state index contributed by atoms with van der Waals surface area (Å²) in [6, 6.07) is -0.801. The highest BCUT2D eigenvalue weighted by Crippen LogP contribution is 2.07. The molecule has 0 saturated carbocycles. The number of rotatable bonds is 8. The second-order valence-corrected chi connectivity index (χ2v) is 5.08. The molecule has 0 aliphatic rings. The molecule has 0 aliphatic heterocycles. The molecule has 0 rings (SSSR count). The Bertz CT molecular complexity index is 278. The van der Waals surface area contributed by atoms with Gasteiger partial charge in [-0.2, -0.15) is 0 Å². The molecule has 0 aromatic carbocycles. The smallest absolute Gasteiger partial charge is 0.326 e. The van der Waals surface area contributed by atoms with Crippen LogP contribution in [0.15, 0.2) is 0 Å². The second-order valence-electron chi connectivity index (χ2n) is 5.08. The molecular weight excluding hydrogens is 232 g/mol. The maximum absolute atomic E-state index is 12.0. The Kier molecular flexibility index (Phi) is 6.91. The molecule has 2 N–H and O–H groups in total. The first-order chi connectivity index (χ1) is 8.31. The van der Waals surface area contributed by atoms with Crippen molar-refractivity contribution in [1.82, 2.24) is 5.32 Å². The van der Waals surface area contributed by atoms with E-state index in [2.05, 4.69) is 26.1 Å². The van der Waals surface area contributed by atoms with Gasteiger partial charge in [0.15, 0.2) is 6.54 Å². The third-order valence-corrected chi connectivity index (χ3v) is 3.74. The summed E-state index contributed by atoms with van der Waals surface area (Å²) in [5.74, 6) is -1.26. The normalized spacial score (nSPS) is 13.4. The number of nitrogens with zero attached hydrogens (tertiary/aromatic N) is 1. The second kappa shape index (κ2) is 7.36. The maximum Gasteiger partial charge on any atom is 0.326 e. The standard InChI is InChI=1S/C13H26N2O3/c1-6-15(7-2,8-3)9-11(16)14-12(10(4)5)13(17)18/h10,12H,6-9H2,1-5H3,(H-,14,16,17,18)/p+1. The Labute approximate surface area is 110 Å². The molecule has 5 nitrogen and oxygen atoms in total. The number of likely N-dealkylation sites (N-methyl/N-ethyl adjacent to an activating group) is 1. The van der Waals surface area contributed by atoms with Crippen molar-refractivity contribution < 1.29 is 19.2 Å². The summed E-state index contributed by atoms with van der Waals surface area (Å²) in [5, 5.41) is 11.7. The van der Waals surface area contributed by atoms with Crippen LogP contribution in [0.1, 0.15) is 34.6 Å². The number of amides is 1. The first-order valence-electron chi connectivity index (χ1n) is 6.69. The fraction of sp³-hybridized carbons (Fsp3) is 0.846. The average Bonchev–Trinajstić information content (AvgIpc) is 2.32. The van der Waals surface area contributed by atoms with Crippen LogP contribution in [0.4, 0.5) is 0 Å². The van der Waals surface area contributed by atoms with E-state index in [1.807, 2.05) is 0 Å². The summed E-state index contributed by atoms with van der Waals surface area (Å²) in [4.78, 5) is 23.0. The quantitative estimate of drug-likeness (QED) is 0.641. The van der Waals surface area contributed by atoms with E-state index < -0.39 is 12.0 Å². The van der Waals surface area contributed by atoms with E-state index in [-0.39, 0.29) is 11.8 Å². The molecule has 0 saturated heterocycles. The fourth-order valence-corrected chi connectivity index (χ4v) is 2.04. The molecule has 1 amide bonds. The molecule has 106 valence electrons. The van der Waals surface area contributed by atoms with E-state index in [0.29, 0.717) is 11.0 Å². The number of carboxylic acid groups (broad SMARTS) is 1. The molecule has 0 fully saturated rings. The van der Waals surface area contributed by atoms with Crippen LogP contribution in [0.3, 0.4) is 0 Å². The SMILES string of the molecule is CC[N+](CC)(CC)CC(=O)NC(C(=O)O)C(C)C. The number of hydrogen-bond acceptors (Lipinski definition) is 2. The predicted octanol–water partition coefficient (Wildman–Crippen LogP) is 1.09. The number of carbonyl (C=O) groups excluding carboxylic acids is 1. The zero-order chi connectivity index (χ0) is 14.3. The van der Waals surface area contributed by atoms with Crippen LogP contribution < -0.4 is 5.32 Å². The van der Waals surface area contributed by atoms with Crippen molar-refractivity contribution in [1.29, 1.82) is 0 Å². The minimum Gasteiger partial charge on any atom is -0.480 e. The summed E-state index contributed by atoms with van der Waals surface area (Å²) in [5.41, 5.74) is 0. The van der Waals surface area contributed by atoms with Crippen molar-refractivity contribution >= 4 is 11.9 Å². The highest BCUT2D eigenvalue weighted by Gasteiger charge is 2.29. The number of hydrogen-bond donors (Lipinski definition) is 2. The lowest BCUT2D eigenvalue weighted by Gasteiger charge is -2.35. The van der Waals surface area contributed by atoms with Crippen molar-refractivity contribution in [3.8, 4) is 0 Å². The molecule has 0 spiro atoms. The number of aliphatic carboxylic acids is 1. The van der Waals surface area contributed by atoms with Crippen molar-refractivity contribution in [3.05, 3.63) is 0 Å². The van der Waals surface area contributed by atoms with Gasteiger partial charge in [0.2, 0.25) is 0 Å². The van der Waals surface area contributed by atoms with Crippen LogP contribution in [0.2, 0.25) is 0 Å². The summed E-state index contributed by atoms with van der Waals surface area (Å²) in [7, 11) is 0. The van der Waals surface area contributed by atoms with Crippen LogP contribution in [0.5, 0.6) is 0 Å². The molecule has 18 heavy (non-hydrogen) atoms. The van der Waals surface area contributed by atoms with Gasteiger partial charge in [-0.05, 0) is 26.7 Å². The first kappa shape index (κ1) is 16.9. The third kappa shape index (κ3) is 4.64. The molecule has 5 heteroatoms. The van der Waals surface area contributed by atoms with Gasteiger partial charge in [0, 0.05) is 0 Å². The number of quaternary nitrogens is 1. The minimum atomic E-state index is -0.971. The van der Waals surface area contributed by atoms with E-state index in [9.17, 15) is 9.59 Å². The van der Waals surface area contributed by atoms with Gasteiger partial charge >= 0.3 is 5.97 Å². The molecule has 0 bridgehead atoms. The number of carbonyl (C=O) groups is 2. The lowest BCUT2D eigenvalue weighted by Crippen LogP contribution is -2.55. The van der Waals surface area contributed by atoms with Gasteiger partial charge in [0.1, 0.15) is 6.04 Å². The van der Waals surface area contributed by atoms with Crippen LogP contribution in [-0.2, 0) is 9.59 Å². The van der Waals surface area contributed by atoms with Gasteiger partial charge in [-0.25, -0.2) is 4.79 Å². The topological polar surface area (TPSA) is 66.4 Å². The van der Waals surface area contributed by atoms with Crippen LogP contribution in [0.25, 0.3) is 0 Å². The van der Waals surface area contributed by atoms with Crippen molar-refractivity contribution in [2.75, 3.05) is 26.2 Å². The Hall–Kier alpha value is -1.10. The molecule has 0 aliphatic carbocycles. The summed E-state index contributed by atoms with van der Waals surface area (Å²) >= 11 is 0. The maximum atomic E-state index is 12.0. The van der Waals surface area contributed by atoms with Gasteiger partial charge in [0.25, 0.3) is 5.91 Å².